The van der Waals surface area contributed by atoms with Crippen molar-refractivity contribution in [2.45, 2.75) is 59.4 Å². The van der Waals surface area contributed by atoms with Crippen LogP contribution < -0.4 is 5.32 Å². The first-order valence-electron chi connectivity index (χ1n) is 7.89. The van der Waals surface area contributed by atoms with Gasteiger partial charge >= 0.3 is 5.97 Å². The summed E-state index contributed by atoms with van der Waals surface area (Å²) in [6.07, 6.45) is 2.21. The molecule has 0 saturated carbocycles. The second-order valence-electron chi connectivity index (χ2n) is 6.80. The van der Waals surface area contributed by atoms with E-state index in [1.54, 1.807) is 0 Å². The van der Waals surface area contributed by atoms with E-state index in [0.29, 0.717) is 11.8 Å². The lowest BCUT2D eigenvalue weighted by molar-refractivity contribution is -0.140. The summed E-state index contributed by atoms with van der Waals surface area (Å²) in [7, 11) is 1.43. The van der Waals surface area contributed by atoms with E-state index in [1.807, 2.05) is 0 Å². The molecule has 0 aromatic rings. The minimum absolute atomic E-state index is 0.111. The van der Waals surface area contributed by atoms with Gasteiger partial charge in [-0.3, -0.25) is 9.79 Å². The number of methoxy groups -OCH3 is 1. The minimum atomic E-state index is -0.142. The van der Waals surface area contributed by atoms with Crippen molar-refractivity contribution < 1.29 is 9.53 Å². The van der Waals surface area contributed by atoms with Crippen molar-refractivity contribution in [3.05, 3.63) is 0 Å². The van der Waals surface area contributed by atoms with Crippen molar-refractivity contribution >= 4 is 11.9 Å². The summed E-state index contributed by atoms with van der Waals surface area (Å²) in [5.41, 5.74) is 0.411. The zero-order chi connectivity index (χ0) is 16.1. The lowest BCUT2D eigenvalue weighted by Gasteiger charge is -2.62. The third-order valence-electron chi connectivity index (χ3n) is 4.75. The van der Waals surface area contributed by atoms with Crippen LogP contribution in [0.5, 0.6) is 0 Å². The lowest BCUT2D eigenvalue weighted by Crippen LogP contribution is -2.72. The van der Waals surface area contributed by atoms with Crippen molar-refractivity contribution in [2.24, 2.45) is 10.4 Å². The molecule has 1 heterocycles. The number of ether oxygens (including phenoxy) is 1. The lowest BCUT2D eigenvalue weighted by atomic mass is 9.65. The maximum Gasteiger partial charge on any atom is 0.305 e. The van der Waals surface area contributed by atoms with Crippen LogP contribution in [0.3, 0.4) is 0 Å². The molecule has 1 aliphatic heterocycles. The van der Waals surface area contributed by atoms with Crippen LogP contribution >= 0.6 is 0 Å². The Hall–Kier alpha value is -1.26. The van der Waals surface area contributed by atoms with Gasteiger partial charge in [-0.2, -0.15) is 0 Å². The summed E-state index contributed by atoms with van der Waals surface area (Å²) < 4.78 is 4.64. The Morgan fingerprint density at radius 2 is 1.95 bits per heavy atom. The number of esters is 1. The zero-order valence-electron chi connectivity index (χ0n) is 14.5. The van der Waals surface area contributed by atoms with Gasteiger partial charge in [0, 0.05) is 37.0 Å². The Morgan fingerprint density at radius 3 is 2.43 bits per heavy atom. The average Bonchev–Trinajstić information content (AvgIpc) is 2.43. The molecule has 1 N–H and O–H groups in total. The van der Waals surface area contributed by atoms with Crippen LogP contribution in [0.1, 0.15) is 53.9 Å². The topological polar surface area (TPSA) is 53.9 Å². The molecule has 0 spiro atoms. The number of carbonyl (C=O) groups is 1. The summed E-state index contributed by atoms with van der Waals surface area (Å²) in [6, 6.07) is 0. The van der Waals surface area contributed by atoms with Crippen molar-refractivity contribution in [1.29, 1.82) is 0 Å². The molecule has 5 heteroatoms. The van der Waals surface area contributed by atoms with Crippen LogP contribution in [0, 0.1) is 5.41 Å². The van der Waals surface area contributed by atoms with E-state index in [2.05, 4.69) is 49.6 Å². The normalized spacial score (nSPS) is 19.9. The van der Waals surface area contributed by atoms with Crippen molar-refractivity contribution in [3.63, 3.8) is 0 Å². The molecule has 0 amide bonds. The van der Waals surface area contributed by atoms with Crippen LogP contribution in [-0.2, 0) is 9.53 Å². The smallest absolute Gasteiger partial charge is 0.305 e. The third-order valence-corrected chi connectivity index (χ3v) is 4.75. The van der Waals surface area contributed by atoms with Crippen LogP contribution in [-0.4, -0.2) is 49.1 Å². The van der Waals surface area contributed by atoms with Gasteiger partial charge in [-0.1, -0.05) is 13.8 Å². The van der Waals surface area contributed by atoms with Crippen LogP contribution in [0.25, 0.3) is 0 Å². The van der Waals surface area contributed by atoms with E-state index >= 15 is 0 Å². The quantitative estimate of drug-likeness (QED) is 0.354. The van der Waals surface area contributed by atoms with Crippen molar-refractivity contribution in [3.8, 4) is 0 Å². The highest BCUT2D eigenvalue weighted by atomic mass is 16.5. The average molecular weight is 297 g/mol. The number of aliphatic imine (C=N–C) groups is 1. The first kappa shape index (κ1) is 17.8. The number of hydrogen-bond donors (Lipinski definition) is 1. The molecule has 1 aliphatic rings. The standard InChI is InChI=1S/C16H31N3O2/c1-7-17-14(18-11-9-8-10-13(20)21-6)19-12-15(2,3)16(19,4)5/h7-12H2,1-6H3,(H,17,18). The van der Waals surface area contributed by atoms with E-state index in [-0.39, 0.29) is 11.5 Å². The monoisotopic (exact) mass is 297 g/mol. The minimum Gasteiger partial charge on any atom is -0.469 e. The molecule has 0 aromatic heterocycles. The maximum atomic E-state index is 11.1. The first-order valence-corrected chi connectivity index (χ1v) is 7.89. The second kappa shape index (κ2) is 7.14. The SMILES string of the molecule is CCNC(=NCCCCC(=O)OC)N1CC(C)(C)C1(C)C. The fourth-order valence-corrected chi connectivity index (χ4v) is 2.46. The van der Waals surface area contributed by atoms with Crippen molar-refractivity contribution in [2.75, 3.05) is 26.7 Å². The van der Waals surface area contributed by atoms with Crippen molar-refractivity contribution in [1.82, 2.24) is 10.2 Å². The second-order valence-corrected chi connectivity index (χ2v) is 6.80. The Labute approximate surface area is 129 Å². The van der Waals surface area contributed by atoms with Crippen LogP contribution in [0.2, 0.25) is 0 Å². The molecular formula is C16H31N3O2. The van der Waals surface area contributed by atoms with Gasteiger partial charge in [-0.15, -0.1) is 0 Å². The predicted molar refractivity (Wildman–Crippen MR) is 86.4 cm³/mol. The number of unbranched alkanes of at least 4 members (excludes halogenated alkanes) is 1. The summed E-state index contributed by atoms with van der Waals surface area (Å²) >= 11 is 0. The molecule has 1 rings (SSSR count). The highest BCUT2D eigenvalue weighted by Gasteiger charge is 2.53. The van der Waals surface area contributed by atoms with Crippen LogP contribution in [0.15, 0.2) is 4.99 Å². The molecule has 0 radical (unpaired) electrons. The van der Waals surface area contributed by atoms with Gasteiger partial charge in [0.25, 0.3) is 0 Å². The van der Waals surface area contributed by atoms with Gasteiger partial charge in [0.1, 0.15) is 0 Å². The fourth-order valence-electron chi connectivity index (χ4n) is 2.46. The predicted octanol–water partition coefficient (Wildman–Crippen LogP) is 2.42. The number of nitrogens with one attached hydrogen (secondary N) is 1. The molecule has 0 unspecified atom stereocenters. The van der Waals surface area contributed by atoms with Gasteiger partial charge < -0.3 is 15.0 Å². The van der Waals surface area contributed by atoms with E-state index in [9.17, 15) is 4.79 Å². The molecule has 5 nitrogen and oxygen atoms in total. The molecule has 0 bridgehead atoms. The molecule has 1 saturated heterocycles. The van der Waals surface area contributed by atoms with Gasteiger partial charge in [-0.25, -0.2) is 0 Å². The first-order chi connectivity index (χ1) is 9.76. The number of rotatable bonds is 6. The Balaban J connectivity index is 2.50. The molecular weight excluding hydrogens is 266 g/mol. The number of nitrogens with zero attached hydrogens (tertiary/aromatic N) is 2. The van der Waals surface area contributed by atoms with Gasteiger partial charge in [-0.05, 0) is 33.6 Å². The highest BCUT2D eigenvalue weighted by Crippen LogP contribution is 2.46. The zero-order valence-corrected chi connectivity index (χ0v) is 14.5. The number of likely N-dealkylation sites (tertiary alicyclic amines) is 1. The molecule has 1 fully saturated rings. The number of hydrogen-bond acceptors (Lipinski definition) is 3. The Bertz CT molecular complexity index is 389. The molecule has 122 valence electrons. The van der Waals surface area contributed by atoms with Gasteiger partial charge in [0.2, 0.25) is 0 Å². The summed E-state index contributed by atoms with van der Waals surface area (Å²) in [6.45, 7) is 13.8. The maximum absolute atomic E-state index is 11.1. The van der Waals surface area contributed by atoms with E-state index in [4.69, 9.17) is 4.99 Å². The summed E-state index contributed by atoms with van der Waals surface area (Å²) in [5.74, 6) is 0.844. The Morgan fingerprint density at radius 1 is 1.29 bits per heavy atom. The summed E-state index contributed by atoms with van der Waals surface area (Å²) in [5, 5.41) is 3.37. The van der Waals surface area contributed by atoms with Gasteiger partial charge in [0.05, 0.1) is 7.11 Å². The molecule has 0 aliphatic carbocycles. The largest absolute Gasteiger partial charge is 0.469 e. The molecule has 0 aromatic carbocycles. The number of guanidine groups is 1. The fraction of sp³-hybridized carbons (Fsp3) is 0.875. The molecule has 0 atom stereocenters. The van der Waals surface area contributed by atoms with Crippen LogP contribution in [0.4, 0.5) is 0 Å². The third kappa shape index (κ3) is 4.11. The summed E-state index contributed by atoms with van der Waals surface area (Å²) in [4.78, 5) is 18.1. The number of carbonyl (C=O) groups excluding carboxylic acids is 1. The van der Waals surface area contributed by atoms with E-state index < -0.39 is 0 Å². The van der Waals surface area contributed by atoms with E-state index in [1.165, 1.54) is 7.11 Å². The molecule has 21 heavy (non-hydrogen) atoms. The van der Waals surface area contributed by atoms with Gasteiger partial charge in [0.15, 0.2) is 5.96 Å². The highest BCUT2D eigenvalue weighted by molar-refractivity contribution is 5.82. The van der Waals surface area contributed by atoms with E-state index in [0.717, 1.165) is 38.4 Å². The Kier molecular flexibility index (Phi) is 6.05.